The van der Waals surface area contributed by atoms with E-state index in [4.69, 9.17) is 4.74 Å². The minimum absolute atomic E-state index is 0.582. The van der Waals surface area contributed by atoms with E-state index in [1.807, 2.05) is 0 Å². The van der Waals surface area contributed by atoms with Gasteiger partial charge in [0.25, 0.3) is 0 Å². The number of hydrogen-bond donors (Lipinski definition) is 1. The highest BCUT2D eigenvalue weighted by Gasteiger charge is 2.18. The minimum Gasteiger partial charge on any atom is -0.385 e. The van der Waals surface area contributed by atoms with Crippen LogP contribution in [0.1, 0.15) is 24.0 Å². The van der Waals surface area contributed by atoms with Crippen molar-refractivity contribution in [3.8, 4) is 0 Å². The number of fused-ring (bicyclic) bond motifs is 1. The highest BCUT2D eigenvalue weighted by molar-refractivity contribution is 5.59. The first-order valence-electron chi connectivity index (χ1n) is 5.65. The van der Waals surface area contributed by atoms with Crippen LogP contribution < -0.4 is 5.32 Å². The number of benzene rings is 1. The number of methoxy groups -OCH3 is 1. The summed E-state index contributed by atoms with van der Waals surface area (Å²) < 4.78 is 5.12. The van der Waals surface area contributed by atoms with Gasteiger partial charge in [-0.1, -0.05) is 18.2 Å². The van der Waals surface area contributed by atoms with Crippen molar-refractivity contribution in [2.45, 2.75) is 32.2 Å². The Labute approximate surface area is 91.6 Å². The van der Waals surface area contributed by atoms with Crippen LogP contribution in [0.4, 0.5) is 5.69 Å². The van der Waals surface area contributed by atoms with E-state index in [2.05, 4.69) is 30.4 Å². The van der Waals surface area contributed by atoms with E-state index < -0.39 is 0 Å². The normalized spacial score (nSPS) is 19.5. The van der Waals surface area contributed by atoms with Gasteiger partial charge in [0.05, 0.1) is 0 Å². The zero-order chi connectivity index (χ0) is 10.7. The summed E-state index contributed by atoms with van der Waals surface area (Å²) in [5, 5.41) is 3.62. The van der Waals surface area contributed by atoms with Crippen molar-refractivity contribution in [1.29, 1.82) is 0 Å². The van der Waals surface area contributed by atoms with Crippen molar-refractivity contribution < 1.29 is 4.74 Å². The molecule has 2 rings (SSSR count). The Morgan fingerprint density at radius 3 is 3.13 bits per heavy atom. The van der Waals surface area contributed by atoms with Crippen LogP contribution in [0.2, 0.25) is 0 Å². The second-order valence-corrected chi connectivity index (χ2v) is 4.27. The third kappa shape index (κ3) is 2.32. The molecule has 0 fully saturated rings. The third-order valence-corrected chi connectivity index (χ3v) is 3.14. The maximum atomic E-state index is 5.12. The fourth-order valence-corrected chi connectivity index (χ4v) is 2.23. The van der Waals surface area contributed by atoms with Crippen molar-refractivity contribution in [1.82, 2.24) is 0 Å². The van der Waals surface area contributed by atoms with E-state index >= 15 is 0 Å². The van der Waals surface area contributed by atoms with Crippen LogP contribution in [0.25, 0.3) is 0 Å². The first-order valence-corrected chi connectivity index (χ1v) is 5.65. The van der Waals surface area contributed by atoms with Crippen LogP contribution in [0.15, 0.2) is 18.2 Å². The van der Waals surface area contributed by atoms with Crippen molar-refractivity contribution in [3.05, 3.63) is 29.3 Å². The van der Waals surface area contributed by atoms with Gasteiger partial charge in [-0.2, -0.15) is 0 Å². The molecule has 0 saturated carbocycles. The van der Waals surface area contributed by atoms with Crippen LogP contribution in [0, 0.1) is 6.92 Å². The molecule has 1 aliphatic rings. The second kappa shape index (κ2) is 4.67. The molecule has 82 valence electrons. The predicted molar refractivity (Wildman–Crippen MR) is 63.4 cm³/mol. The third-order valence-electron chi connectivity index (χ3n) is 3.14. The average Bonchev–Trinajstić information content (AvgIpc) is 2.27. The Morgan fingerprint density at radius 1 is 1.47 bits per heavy atom. The molecule has 0 amide bonds. The van der Waals surface area contributed by atoms with Crippen LogP contribution in [0.5, 0.6) is 0 Å². The number of para-hydroxylation sites is 1. The van der Waals surface area contributed by atoms with Gasteiger partial charge < -0.3 is 10.1 Å². The summed E-state index contributed by atoms with van der Waals surface area (Å²) >= 11 is 0. The maximum Gasteiger partial charge on any atom is 0.0481 e. The lowest BCUT2D eigenvalue weighted by Crippen LogP contribution is -2.27. The lowest BCUT2D eigenvalue weighted by Gasteiger charge is -2.28. The molecule has 0 aliphatic carbocycles. The zero-order valence-electron chi connectivity index (χ0n) is 9.55. The highest BCUT2D eigenvalue weighted by Crippen LogP contribution is 2.28. The Hall–Kier alpha value is -1.02. The predicted octanol–water partition coefficient (Wildman–Crippen LogP) is 2.76. The summed E-state index contributed by atoms with van der Waals surface area (Å²) in [5.41, 5.74) is 4.17. The fraction of sp³-hybridized carbons (Fsp3) is 0.538. The zero-order valence-corrected chi connectivity index (χ0v) is 9.55. The summed E-state index contributed by atoms with van der Waals surface area (Å²) in [7, 11) is 1.77. The molecule has 2 heteroatoms. The van der Waals surface area contributed by atoms with Crippen LogP contribution in [-0.4, -0.2) is 19.8 Å². The van der Waals surface area contributed by atoms with Crippen molar-refractivity contribution in [2.75, 3.05) is 19.0 Å². The van der Waals surface area contributed by atoms with Gasteiger partial charge in [-0.15, -0.1) is 0 Å². The number of aryl methyl sites for hydroxylation is 2. The van der Waals surface area contributed by atoms with Gasteiger partial charge in [0.2, 0.25) is 0 Å². The molecule has 2 nitrogen and oxygen atoms in total. The maximum absolute atomic E-state index is 5.12. The topological polar surface area (TPSA) is 21.3 Å². The summed E-state index contributed by atoms with van der Waals surface area (Å²) in [4.78, 5) is 0. The first-order chi connectivity index (χ1) is 7.31. The number of ether oxygens (including phenoxy) is 1. The minimum atomic E-state index is 0.582. The summed E-state index contributed by atoms with van der Waals surface area (Å²) in [6.07, 6.45) is 3.52. The lowest BCUT2D eigenvalue weighted by molar-refractivity contribution is 0.188. The quantitative estimate of drug-likeness (QED) is 0.819. The second-order valence-electron chi connectivity index (χ2n) is 4.27. The summed E-state index contributed by atoms with van der Waals surface area (Å²) in [5.74, 6) is 0. The van der Waals surface area contributed by atoms with Crippen molar-refractivity contribution in [2.24, 2.45) is 0 Å². The first kappa shape index (κ1) is 10.5. The van der Waals surface area contributed by atoms with Gasteiger partial charge in [0.15, 0.2) is 0 Å². The standard InChI is InChI=1S/C13H19NO/c1-10-4-3-5-11-6-7-12(8-9-15-2)14-13(10)11/h3-5,12,14H,6-9H2,1-2H3. The molecule has 1 aliphatic heterocycles. The Kier molecular flexibility index (Phi) is 3.27. The molecule has 1 unspecified atom stereocenters. The molecule has 1 heterocycles. The molecule has 0 saturated heterocycles. The smallest absolute Gasteiger partial charge is 0.0481 e. The van der Waals surface area contributed by atoms with Gasteiger partial charge in [0, 0.05) is 25.4 Å². The van der Waals surface area contributed by atoms with Gasteiger partial charge in [-0.25, -0.2) is 0 Å². The molecule has 0 radical (unpaired) electrons. The number of hydrogen-bond acceptors (Lipinski definition) is 2. The van der Waals surface area contributed by atoms with Gasteiger partial charge >= 0.3 is 0 Å². The molecule has 0 aromatic heterocycles. The highest BCUT2D eigenvalue weighted by atomic mass is 16.5. The SMILES string of the molecule is COCCC1CCc2cccc(C)c2N1. The van der Waals surface area contributed by atoms with Crippen molar-refractivity contribution >= 4 is 5.69 Å². The molecule has 1 aromatic carbocycles. The Balaban J connectivity index is 2.08. The molecule has 0 bridgehead atoms. The molecule has 1 N–H and O–H groups in total. The van der Waals surface area contributed by atoms with E-state index in [0.717, 1.165) is 13.0 Å². The van der Waals surface area contributed by atoms with E-state index in [-0.39, 0.29) is 0 Å². The van der Waals surface area contributed by atoms with E-state index in [1.54, 1.807) is 7.11 Å². The molecular weight excluding hydrogens is 186 g/mol. The molecule has 1 atom stereocenters. The van der Waals surface area contributed by atoms with Crippen molar-refractivity contribution in [3.63, 3.8) is 0 Å². The van der Waals surface area contributed by atoms with Crippen LogP contribution in [0.3, 0.4) is 0 Å². The van der Waals surface area contributed by atoms with Gasteiger partial charge in [-0.05, 0) is 37.3 Å². The lowest BCUT2D eigenvalue weighted by atomic mass is 9.94. The van der Waals surface area contributed by atoms with E-state index in [9.17, 15) is 0 Å². The summed E-state index contributed by atoms with van der Waals surface area (Å²) in [6.45, 7) is 3.02. The fourth-order valence-electron chi connectivity index (χ4n) is 2.23. The molecule has 15 heavy (non-hydrogen) atoms. The van der Waals surface area contributed by atoms with E-state index in [1.165, 1.54) is 29.7 Å². The van der Waals surface area contributed by atoms with Gasteiger partial charge in [-0.3, -0.25) is 0 Å². The van der Waals surface area contributed by atoms with Gasteiger partial charge in [0.1, 0.15) is 0 Å². The monoisotopic (exact) mass is 205 g/mol. The van der Waals surface area contributed by atoms with Crippen LogP contribution in [-0.2, 0) is 11.2 Å². The Bertz CT molecular complexity index is 335. The summed E-state index contributed by atoms with van der Waals surface area (Å²) in [6, 6.07) is 7.12. The molecular formula is C13H19NO. The van der Waals surface area contributed by atoms with E-state index in [0.29, 0.717) is 6.04 Å². The molecule has 1 aromatic rings. The Morgan fingerprint density at radius 2 is 2.33 bits per heavy atom. The molecule has 0 spiro atoms. The number of nitrogens with one attached hydrogen (secondary N) is 1. The largest absolute Gasteiger partial charge is 0.385 e. The average molecular weight is 205 g/mol. The van der Waals surface area contributed by atoms with Crippen LogP contribution >= 0.6 is 0 Å². The number of rotatable bonds is 3. The number of anilines is 1.